The lowest BCUT2D eigenvalue weighted by Gasteiger charge is -2.38. The fourth-order valence-corrected chi connectivity index (χ4v) is 2.38. The smallest absolute Gasteiger partial charge is 0.142 e. The van der Waals surface area contributed by atoms with E-state index in [0.29, 0.717) is 31.6 Å². The highest BCUT2D eigenvalue weighted by Crippen LogP contribution is 2.32. The van der Waals surface area contributed by atoms with Crippen molar-refractivity contribution in [2.24, 2.45) is 5.92 Å². The van der Waals surface area contributed by atoms with Gasteiger partial charge in [-0.3, -0.25) is 0 Å². The van der Waals surface area contributed by atoms with Crippen LogP contribution in [0.15, 0.2) is 18.2 Å². The molecule has 2 atom stereocenters. The van der Waals surface area contributed by atoms with Crippen molar-refractivity contribution in [2.45, 2.75) is 25.4 Å². The van der Waals surface area contributed by atoms with Crippen LogP contribution in [0.25, 0.3) is 0 Å². The second-order valence-electron chi connectivity index (χ2n) is 4.72. The van der Waals surface area contributed by atoms with Gasteiger partial charge >= 0.3 is 0 Å². The Morgan fingerprint density at radius 3 is 3.06 bits per heavy atom. The summed E-state index contributed by atoms with van der Waals surface area (Å²) >= 11 is 5.90. The van der Waals surface area contributed by atoms with Gasteiger partial charge < -0.3 is 9.84 Å². The Morgan fingerprint density at radius 1 is 1.59 bits per heavy atom. The lowest BCUT2D eigenvalue weighted by Crippen LogP contribution is -2.45. The van der Waals surface area contributed by atoms with Crippen LogP contribution in [0.1, 0.15) is 18.9 Å². The number of halogens is 2. The van der Waals surface area contributed by atoms with Gasteiger partial charge in [-0.25, -0.2) is 4.39 Å². The van der Waals surface area contributed by atoms with Gasteiger partial charge in [0.1, 0.15) is 5.82 Å². The van der Waals surface area contributed by atoms with Gasteiger partial charge in [0.25, 0.3) is 0 Å². The summed E-state index contributed by atoms with van der Waals surface area (Å²) in [5.41, 5.74) is -0.196. The molecule has 0 spiro atoms. The maximum atomic E-state index is 13.3. The van der Waals surface area contributed by atoms with Crippen LogP contribution in [-0.4, -0.2) is 23.9 Å². The van der Waals surface area contributed by atoms with Gasteiger partial charge in [-0.2, -0.15) is 0 Å². The van der Waals surface area contributed by atoms with E-state index in [1.165, 1.54) is 6.07 Å². The minimum absolute atomic E-state index is 0.0237. The normalized spacial score (nSPS) is 29.3. The Kier molecular flexibility index (Phi) is 3.71. The number of aliphatic hydroxyl groups is 1. The average molecular weight is 259 g/mol. The summed E-state index contributed by atoms with van der Waals surface area (Å²) in [6, 6.07) is 4.69. The van der Waals surface area contributed by atoms with E-state index >= 15 is 0 Å². The maximum Gasteiger partial charge on any atom is 0.142 e. The summed E-state index contributed by atoms with van der Waals surface area (Å²) < 4.78 is 18.6. The van der Waals surface area contributed by atoms with Crippen LogP contribution >= 0.6 is 11.6 Å². The van der Waals surface area contributed by atoms with Gasteiger partial charge in [0.15, 0.2) is 0 Å². The molecule has 0 amide bonds. The molecule has 0 saturated carbocycles. The van der Waals surface area contributed by atoms with Gasteiger partial charge in [0.2, 0.25) is 0 Å². The first-order chi connectivity index (χ1) is 8.03. The first-order valence-electron chi connectivity index (χ1n) is 5.76. The van der Waals surface area contributed by atoms with Crippen LogP contribution in [-0.2, 0) is 11.2 Å². The molecular formula is C13H16ClFO2. The third kappa shape index (κ3) is 2.62. The average Bonchev–Trinajstić information content (AvgIpc) is 2.29. The van der Waals surface area contributed by atoms with E-state index < -0.39 is 11.4 Å². The Labute approximate surface area is 105 Å². The molecule has 1 fully saturated rings. The molecule has 2 rings (SSSR count). The molecule has 1 aliphatic rings. The third-order valence-electron chi connectivity index (χ3n) is 3.49. The van der Waals surface area contributed by atoms with Crippen molar-refractivity contribution in [1.29, 1.82) is 0 Å². The third-order valence-corrected chi connectivity index (χ3v) is 3.92. The van der Waals surface area contributed by atoms with Gasteiger partial charge in [0.05, 0.1) is 17.2 Å². The highest BCUT2D eigenvalue weighted by Gasteiger charge is 2.37. The molecule has 17 heavy (non-hydrogen) atoms. The second kappa shape index (κ2) is 4.92. The number of hydrogen-bond donors (Lipinski definition) is 1. The highest BCUT2D eigenvalue weighted by molar-refractivity contribution is 6.31. The number of rotatable bonds is 2. The lowest BCUT2D eigenvalue weighted by molar-refractivity contribution is -0.105. The molecule has 0 aromatic heterocycles. The zero-order chi connectivity index (χ0) is 12.5. The van der Waals surface area contributed by atoms with Gasteiger partial charge in [-0.05, 0) is 11.6 Å². The minimum Gasteiger partial charge on any atom is -0.389 e. The van der Waals surface area contributed by atoms with E-state index in [-0.39, 0.29) is 10.9 Å². The maximum absolute atomic E-state index is 13.3. The Bertz CT molecular complexity index is 410. The Hall–Kier alpha value is -0.640. The number of hydrogen-bond acceptors (Lipinski definition) is 2. The molecule has 1 aliphatic heterocycles. The topological polar surface area (TPSA) is 29.5 Å². The SMILES string of the molecule is CC1COCCC1(O)Cc1cccc(F)c1Cl. The summed E-state index contributed by atoms with van der Waals surface area (Å²) in [6.45, 7) is 3.00. The van der Waals surface area contributed by atoms with Gasteiger partial charge in [0, 0.05) is 25.4 Å². The summed E-state index contributed by atoms with van der Waals surface area (Å²) in [6.07, 6.45) is 0.926. The summed E-state index contributed by atoms with van der Waals surface area (Å²) in [7, 11) is 0. The molecule has 0 aliphatic carbocycles. The van der Waals surface area contributed by atoms with E-state index in [4.69, 9.17) is 16.3 Å². The predicted octanol–water partition coefficient (Wildman–Crippen LogP) is 2.81. The Balaban J connectivity index is 2.22. The predicted molar refractivity (Wildman–Crippen MR) is 64.7 cm³/mol. The van der Waals surface area contributed by atoms with Crippen molar-refractivity contribution in [2.75, 3.05) is 13.2 Å². The molecule has 0 radical (unpaired) electrons. The van der Waals surface area contributed by atoms with E-state index in [0.717, 1.165) is 0 Å². The lowest BCUT2D eigenvalue weighted by atomic mass is 9.80. The monoisotopic (exact) mass is 258 g/mol. The van der Waals surface area contributed by atoms with Crippen LogP contribution in [0.2, 0.25) is 5.02 Å². The fraction of sp³-hybridized carbons (Fsp3) is 0.538. The van der Waals surface area contributed by atoms with Crippen molar-refractivity contribution in [3.8, 4) is 0 Å². The van der Waals surface area contributed by atoms with Crippen LogP contribution in [0, 0.1) is 11.7 Å². The molecule has 2 nitrogen and oxygen atoms in total. The summed E-state index contributed by atoms with van der Waals surface area (Å²) in [4.78, 5) is 0. The molecule has 1 heterocycles. The van der Waals surface area contributed by atoms with Crippen molar-refractivity contribution >= 4 is 11.6 Å². The van der Waals surface area contributed by atoms with Crippen molar-refractivity contribution in [3.63, 3.8) is 0 Å². The molecule has 94 valence electrons. The molecule has 0 bridgehead atoms. The largest absolute Gasteiger partial charge is 0.389 e. The molecule has 1 saturated heterocycles. The van der Waals surface area contributed by atoms with Crippen LogP contribution in [0.3, 0.4) is 0 Å². The number of benzene rings is 1. The van der Waals surface area contributed by atoms with Crippen molar-refractivity contribution < 1.29 is 14.2 Å². The molecule has 1 N–H and O–H groups in total. The zero-order valence-corrected chi connectivity index (χ0v) is 10.5. The van der Waals surface area contributed by atoms with Crippen LogP contribution in [0.5, 0.6) is 0 Å². The van der Waals surface area contributed by atoms with E-state index in [1.807, 2.05) is 6.92 Å². The molecule has 2 unspecified atom stereocenters. The highest BCUT2D eigenvalue weighted by atomic mass is 35.5. The van der Waals surface area contributed by atoms with Gasteiger partial charge in [-0.15, -0.1) is 0 Å². The molecule has 1 aromatic carbocycles. The van der Waals surface area contributed by atoms with Crippen molar-refractivity contribution in [3.05, 3.63) is 34.6 Å². The second-order valence-corrected chi connectivity index (χ2v) is 5.10. The molecule has 1 aromatic rings. The standard InChI is InChI=1S/C13H16ClFO2/c1-9-8-17-6-5-13(9,16)7-10-3-2-4-11(15)12(10)14/h2-4,9,16H,5-8H2,1H3. The molecule has 4 heteroatoms. The van der Waals surface area contributed by atoms with E-state index in [9.17, 15) is 9.50 Å². The van der Waals surface area contributed by atoms with Crippen LogP contribution in [0.4, 0.5) is 4.39 Å². The Morgan fingerprint density at radius 2 is 2.35 bits per heavy atom. The van der Waals surface area contributed by atoms with Crippen molar-refractivity contribution in [1.82, 2.24) is 0 Å². The first-order valence-corrected chi connectivity index (χ1v) is 6.14. The minimum atomic E-state index is -0.852. The number of ether oxygens (including phenoxy) is 1. The first kappa shape index (κ1) is 12.8. The zero-order valence-electron chi connectivity index (χ0n) is 9.75. The van der Waals surface area contributed by atoms with Gasteiger partial charge in [-0.1, -0.05) is 30.7 Å². The van der Waals surface area contributed by atoms with E-state index in [2.05, 4.69) is 0 Å². The van der Waals surface area contributed by atoms with E-state index in [1.54, 1.807) is 12.1 Å². The summed E-state index contributed by atoms with van der Waals surface area (Å²) in [5, 5.41) is 10.7. The summed E-state index contributed by atoms with van der Waals surface area (Å²) in [5.74, 6) is -0.414. The van der Waals surface area contributed by atoms with Crippen LogP contribution < -0.4 is 0 Å². The quantitative estimate of drug-likeness (QED) is 0.884. The fourth-order valence-electron chi connectivity index (χ4n) is 2.19. The molecular weight excluding hydrogens is 243 g/mol.